The maximum Gasteiger partial charge on any atom is 0.230 e. The van der Waals surface area contributed by atoms with Gasteiger partial charge in [-0.15, -0.1) is 11.3 Å². The standard InChI is InChI=1S/C19H12F2N4OS/c1-12(26)25(18-6-5-14(20)9-16(18)21)19-24-15(11-27-19)8-13(10-22)17-4-2-3-7-23-17/h2-9,11H,1H3/b13-8+. The Morgan fingerprint density at radius 2 is 2.11 bits per heavy atom. The zero-order valence-electron chi connectivity index (χ0n) is 14.1. The molecule has 0 saturated carbocycles. The lowest BCUT2D eigenvalue weighted by Gasteiger charge is -2.18. The number of hydrogen-bond donors (Lipinski definition) is 0. The lowest BCUT2D eigenvalue weighted by Crippen LogP contribution is -2.23. The molecule has 1 aromatic carbocycles. The molecule has 0 spiro atoms. The van der Waals surface area contributed by atoms with Crippen LogP contribution in [0.3, 0.4) is 0 Å². The first-order chi connectivity index (χ1) is 13.0. The highest BCUT2D eigenvalue weighted by Crippen LogP contribution is 2.32. The van der Waals surface area contributed by atoms with Crippen molar-refractivity contribution in [3.63, 3.8) is 0 Å². The highest BCUT2D eigenvalue weighted by molar-refractivity contribution is 7.14. The summed E-state index contributed by atoms with van der Waals surface area (Å²) in [5, 5.41) is 11.2. The summed E-state index contributed by atoms with van der Waals surface area (Å²) < 4.78 is 27.3. The van der Waals surface area contributed by atoms with Crippen molar-refractivity contribution in [1.82, 2.24) is 9.97 Å². The molecular weight excluding hydrogens is 370 g/mol. The van der Waals surface area contributed by atoms with Crippen LogP contribution in [0.1, 0.15) is 18.3 Å². The van der Waals surface area contributed by atoms with Crippen LogP contribution in [-0.4, -0.2) is 15.9 Å². The van der Waals surface area contributed by atoms with Crippen LogP contribution < -0.4 is 4.90 Å². The van der Waals surface area contributed by atoms with Gasteiger partial charge in [0.15, 0.2) is 5.13 Å². The molecule has 0 N–H and O–H groups in total. The van der Waals surface area contributed by atoms with Crippen LogP contribution in [0.4, 0.5) is 19.6 Å². The Bertz CT molecular complexity index is 1060. The third-order valence-electron chi connectivity index (χ3n) is 3.52. The Labute approximate surface area is 157 Å². The summed E-state index contributed by atoms with van der Waals surface area (Å²) in [5.41, 5.74) is 1.11. The summed E-state index contributed by atoms with van der Waals surface area (Å²) in [6.07, 6.45) is 3.10. The molecule has 0 fully saturated rings. The molecule has 8 heteroatoms. The van der Waals surface area contributed by atoms with E-state index in [0.717, 1.165) is 22.3 Å². The van der Waals surface area contributed by atoms with E-state index in [9.17, 15) is 18.8 Å². The number of amides is 1. The van der Waals surface area contributed by atoms with Gasteiger partial charge in [-0.3, -0.25) is 14.7 Å². The quantitative estimate of drug-likeness (QED) is 0.620. The minimum atomic E-state index is -0.872. The van der Waals surface area contributed by atoms with Gasteiger partial charge >= 0.3 is 0 Å². The Hall–Kier alpha value is -3.44. The van der Waals surface area contributed by atoms with Crippen molar-refractivity contribution in [1.29, 1.82) is 5.26 Å². The van der Waals surface area contributed by atoms with Gasteiger partial charge in [-0.05, 0) is 30.3 Å². The first-order valence-electron chi connectivity index (χ1n) is 7.74. The summed E-state index contributed by atoms with van der Waals surface area (Å²) in [6.45, 7) is 1.26. The van der Waals surface area contributed by atoms with Crippen LogP contribution in [-0.2, 0) is 4.79 Å². The fourth-order valence-electron chi connectivity index (χ4n) is 2.35. The normalized spacial score (nSPS) is 11.1. The summed E-state index contributed by atoms with van der Waals surface area (Å²) in [7, 11) is 0. The highest BCUT2D eigenvalue weighted by atomic mass is 32.1. The van der Waals surface area contributed by atoms with Crippen LogP contribution in [0, 0.1) is 23.0 Å². The summed E-state index contributed by atoms with van der Waals surface area (Å²) in [6, 6.07) is 10.2. The van der Waals surface area contributed by atoms with E-state index in [0.29, 0.717) is 23.0 Å². The molecule has 27 heavy (non-hydrogen) atoms. The lowest BCUT2D eigenvalue weighted by atomic mass is 10.1. The second kappa shape index (κ2) is 7.85. The van der Waals surface area contributed by atoms with E-state index in [4.69, 9.17) is 0 Å². The molecule has 0 aliphatic heterocycles. The van der Waals surface area contributed by atoms with E-state index in [1.54, 1.807) is 29.8 Å². The predicted molar refractivity (Wildman–Crippen MR) is 99.0 cm³/mol. The molecule has 0 saturated heterocycles. The summed E-state index contributed by atoms with van der Waals surface area (Å²) in [4.78, 5) is 21.5. The van der Waals surface area contributed by atoms with Gasteiger partial charge in [-0.25, -0.2) is 13.8 Å². The van der Waals surface area contributed by atoms with Crippen LogP contribution in [0.15, 0.2) is 48.0 Å². The molecule has 0 unspecified atom stereocenters. The third-order valence-corrected chi connectivity index (χ3v) is 4.36. The van der Waals surface area contributed by atoms with E-state index < -0.39 is 17.5 Å². The minimum Gasteiger partial charge on any atom is -0.274 e. The van der Waals surface area contributed by atoms with Crippen molar-refractivity contribution in [2.24, 2.45) is 0 Å². The zero-order valence-corrected chi connectivity index (χ0v) is 14.9. The summed E-state index contributed by atoms with van der Waals surface area (Å²) in [5.74, 6) is -2.09. The molecule has 0 aliphatic carbocycles. The van der Waals surface area contributed by atoms with Crippen molar-refractivity contribution in [3.05, 3.63) is 71.0 Å². The van der Waals surface area contributed by atoms with Gasteiger partial charge in [-0.1, -0.05) is 6.07 Å². The summed E-state index contributed by atoms with van der Waals surface area (Å²) >= 11 is 1.10. The minimum absolute atomic E-state index is 0.0981. The topological polar surface area (TPSA) is 69.9 Å². The van der Waals surface area contributed by atoms with Gasteiger partial charge in [0, 0.05) is 24.6 Å². The molecule has 2 heterocycles. The van der Waals surface area contributed by atoms with E-state index in [2.05, 4.69) is 16.0 Å². The van der Waals surface area contributed by atoms with Crippen molar-refractivity contribution < 1.29 is 13.6 Å². The number of halogens is 2. The number of carbonyl (C=O) groups excluding carboxylic acids is 1. The third kappa shape index (κ3) is 4.04. The van der Waals surface area contributed by atoms with Gasteiger partial charge in [0.05, 0.1) is 22.6 Å². The maximum atomic E-state index is 14.1. The van der Waals surface area contributed by atoms with E-state index in [1.807, 2.05) is 0 Å². The number of pyridine rings is 1. The fourth-order valence-corrected chi connectivity index (χ4v) is 3.19. The first-order valence-corrected chi connectivity index (χ1v) is 8.62. The number of benzene rings is 1. The molecule has 2 aromatic heterocycles. The van der Waals surface area contributed by atoms with Crippen LogP contribution in [0.2, 0.25) is 0 Å². The van der Waals surface area contributed by atoms with Crippen LogP contribution >= 0.6 is 11.3 Å². The number of thiazole rings is 1. The van der Waals surface area contributed by atoms with Crippen molar-refractivity contribution >= 4 is 39.7 Å². The van der Waals surface area contributed by atoms with Crippen LogP contribution in [0.5, 0.6) is 0 Å². The largest absolute Gasteiger partial charge is 0.274 e. The number of rotatable bonds is 4. The number of carbonyl (C=O) groups is 1. The van der Waals surface area contributed by atoms with Gasteiger partial charge in [0.25, 0.3) is 0 Å². The van der Waals surface area contributed by atoms with Crippen molar-refractivity contribution in [2.75, 3.05) is 4.90 Å². The Balaban J connectivity index is 1.99. The smallest absolute Gasteiger partial charge is 0.230 e. The molecule has 0 atom stereocenters. The molecule has 134 valence electrons. The van der Waals surface area contributed by atoms with Crippen molar-refractivity contribution in [2.45, 2.75) is 6.92 Å². The Morgan fingerprint density at radius 3 is 2.74 bits per heavy atom. The molecule has 0 aliphatic rings. The number of hydrogen-bond acceptors (Lipinski definition) is 5. The molecule has 3 rings (SSSR count). The van der Waals surface area contributed by atoms with Gasteiger partial charge in [0.1, 0.15) is 17.7 Å². The van der Waals surface area contributed by atoms with Gasteiger partial charge in [0.2, 0.25) is 5.91 Å². The molecule has 0 radical (unpaired) electrons. The second-order valence-corrected chi connectivity index (χ2v) is 6.23. The molecule has 3 aromatic rings. The maximum absolute atomic E-state index is 14.1. The number of allylic oxidation sites excluding steroid dienone is 1. The molecular formula is C19H12F2N4OS. The number of nitrogens with zero attached hydrogens (tertiary/aromatic N) is 4. The SMILES string of the molecule is CC(=O)N(c1nc(/C=C(\C#N)c2ccccn2)cs1)c1ccc(F)cc1F. The fraction of sp³-hybridized carbons (Fsp3) is 0.0526. The van der Waals surface area contributed by atoms with Gasteiger partial charge < -0.3 is 0 Å². The Morgan fingerprint density at radius 1 is 1.30 bits per heavy atom. The molecule has 0 bridgehead atoms. The number of anilines is 2. The average molecular weight is 382 g/mol. The molecule has 5 nitrogen and oxygen atoms in total. The number of aromatic nitrogens is 2. The predicted octanol–water partition coefficient (Wildman–Crippen LogP) is 4.57. The molecule has 1 amide bonds. The van der Waals surface area contributed by atoms with E-state index in [1.165, 1.54) is 19.1 Å². The average Bonchev–Trinajstić information content (AvgIpc) is 3.10. The van der Waals surface area contributed by atoms with Crippen LogP contribution in [0.25, 0.3) is 11.6 Å². The Kier molecular flexibility index (Phi) is 5.33. The lowest BCUT2D eigenvalue weighted by molar-refractivity contribution is -0.115. The monoisotopic (exact) mass is 382 g/mol. The van der Waals surface area contributed by atoms with E-state index in [-0.39, 0.29) is 10.8 Å². The van der Waals surface area contributed by atoms with E-state index >= 15 is 0 Å². The highest BCUT2D eigenvalue weighted by Gasteiger charge is 2.21. The second-order valence-electron chi connectivity index (χ2n) is 5.39. The zero-order chi connectivity index (χ0) is 19.4. The first kappa shape index (κ1) is 18.4. The van der Waals surface area contributed by atoms with Crippen molar-refractivity contribution in [3.8, 4) is 6.07 Å². The number of nitriles is 1. The van der Waals surface area contributed by atoms with Gasteiger partial charge in [-0.2, -0.15) is 5.26 Å².